The first-order valence-corrected chi connectivity index (χ1v) is 10.7. The summed E-state index contributed by atoms with van der Waals surface area (Å²) in [7, 11) is 0. The molecular weight excluding hydrogens is 356 g/mol. The van der Waals surface area contributed by atoms with Crippen molar-refractivity contribution in [2.45, 2.75) is 65.6 Å². The second-order valence-corrected chi connectivity index (χ2v) is 8.22. The predicted molar refractivity (Wildman–Crippen MR) is 113 cm³/mol. The summed E-state index contributed by atoms with van der Waals surface area (Å²) in [6.45, 7) is 8.33. The molecule has 0 spiro atoms. The molecule has 1 aliphatic rings. The zero-order chi connectivity index (χ0) is 19.1. The van der Waals surface area contributed by atoms with Crippen LogP contribution in [-0.2, 0) is 13.1 Å². The summed E-state index contributed by atoms with van der Waals surface area (Å²) < 4.78 is 6.23. The van der Waals surface area contributed by atoms with Gasteiger partial charge in [-0.2, -0.15) is 0 Å². The number of rotatable bonds is 7. The van der Waals surface area contributed by atoms with Crippen molar-refractivity contribution in [1.82, 2.24) is 15.6 Å². The molecule has 27 heavy (non-hydrogen) atoms. The van der Waals surface area contributed by atoms with E-state index in [1.54, 1.807) is 11.3 Å². The predicted octanol–water partition coefficient (Wildman–Crippen LogP) is 4.34. The van der Waals surface area contributed by atoms with Crippen LogP contribution in [-0.4, -0.2) is 23.6 Å². The lowest BCUT2D eigenvalue weighted by Crippen LogP contribution is -2.36. The van der Waals surface area contributed by atoms with E-state index in [4.69, 9.17) is 9.73 Å². The smallest absolute Gasteiger partial charge is 0.191 e. The molecule has 0 aliphatic heterocycles. The number of nitrogens with zero attached hydrogens (tertiary/aromatic N) is 2. The van der Waals surface area contributed by atoms with Crippen molar-refractivity contribution in [3.63, 3.8) is 0 Å². The molecule has 0 radical (unpaired) electrons. The Balaban J connectivity index is 1.63. The summed E-state index contributed by atoms with van der Waals surface area (Å²) in [5, 5.41) is 7.78. The standard InChI is InChI=1S/C21H30N4OS/c1-4-22-21(24-14-20-25-15(2)16(3)27-20)23-13-17-9-5-8-12-19(17)26-18-10-6-7-11-18/h5,8-9,12,18H,4,6-7,10-11,13-14H2,1-3H3,(H2,22,23,24). The molecule has 1 fully saturated rings. The minimum absolute atomic E-state index is 0.359. The fourth-order valence-electron chi connectivity index (χ4n) is 3.22. The number of hydrogen-bond donors (Lipinski definition) is 2. The van der Waals surface area contributed by atoms with Crippen LogP contribution in [0.5, 0.6) is 5.75 Å². The average molecular weight is 387 g/mol. The van der Waals surface area contributed by atoms with Gasteiger partial charge in [0, 0.05) is 17.0 Å². The van der Waals surface area contributed by atoms with Crippen LogP contribution in [0.1, 0.15) is 53.7 Å². The molecule has 0 bridgehead atoms. The molecular formula is C21H30N4OS. The molecule has 2 aromatic rings. The van der Waals surface area contributed by atoms with Crippen LogP contribution in [0.2, 0.25) is 0 Å². The van der Waals surface area contributed by atoms with Crippen LogP contribution in [0, 0.1) is 13.8 Å². The van der Waals surface area contributed by atoms with E-state index in [1.165, 1.54) is 17.7 Å². The van der Waals surface area contributed by atoms with E-state index < -0.39 is 0 Å². The molecule has 1 saturated carbocycles. The van der Waals surface area contributed by atoms with Crippen LogP contribution in [0.4, 0.5) is 0 Å². The van der Waals surface area contributed by atoms with Gasteiger partial charge in [0.1, 0.15) is 10.8 Å². The van der Waals surface area contributed by atoms with Crippen LogP contribution >= 0.6 is 11.3 Å². The average Bonchev–Trinajstić information content (AvgIpc) is 3.28. The van der Waals surface area contributed by atoms with Gasteiger partial charge in [-0.15, -0.1) is 11.3 Å². The Morgan fingerprint density at radius 1 is 1.22 bits per heavy atom. The van der Waals surface area contributed by atoms with E-state index in [1.807, 2.05) is 12.1 Å². The highest BCUT2D eigenvalue weighted by Crippen LogP contribution is 2.27. The van der Waals surface area contributed by atoms with Crippen LogP contribution in [0.25, 0.3) is 0 Å². The second kappa shape index (κ2) is 9.74. The Morgan fingerprint density at radius 3 is 2.70 bits per heavy atom. The van der Waals surface area contributed by atoms with E-state index in [0.717, 1.165) is 47.4 Å². The van der Waals surface area contributed by atoms with Gasteiger partial charge >= 0.3 is 0 Å². The summed E-state index contributed by atoms with van der Waals surface area (Å²) in [6, 6.07) is 8.25. The number of guanidine groups is 1. The van der Waals surface area contributed by atoms with Gasteiger partial charge in [-0.3, -0.25) is 0 Å². The maximum atomic E-state index is 6.23. The maximum absolute atomic E-state index is 6.23. The third-order valence-electron chi connectivity index (χ3n) is 4.80. The zero-order valence-corrected chi connectivity index (χ0v) is 17.4. The quantitative estimate of drug-likeness (QED) is 0.549. The Hall–Kier alpha value is -2.08. The Morgan fingerprint density at radius 2 is 2.00 bits per heavy atom. The Bertz CT molecular complexity index is 746. The molecule has 0 amide bonds. The van der Waals surface area contributed by atoms with Crippen LogP contribution < -0.4 is 15.4 Å². The summed E-state index contributed by atoms with van der Waals surface area (Å²) in [5.41, 5.74) is 2.24. The highest BCUT2D eigenvalue weighted by Gasteiger charge is 2.17. The normalized spacial score (nSPS) is 15.1. The number of hydrogen-bond acceptors (Lipinski definition) is 4. The molecule has 1 aromatic heterocycles. The lowest BCUT2D eigenvalue weighted by molar-refractivity contribution is 0.208. The van der Waals surface area contributed by atoms with E-state index >= 15 is 0 Å². The third kappa shape index (κ3) is 5.70. The van der Waals surface area contributed by atoms with Gasteiger partial charge in [-0.05, 0) is 52.5 Å². The highest BCUT2D eigenvalue weighted by molar-refractivity contribution is 7.11. The summed E-state index contributed by atoms with van der Waals surface area (Å²) in [6.07, 6.45) is 5.23. The minimum Gasteiger partial charge on any atom is -0.490 e. The molecule has 6 heteroatoms. The summed E-state index contributed by atoms with van der Waals surface area (Å²) in [4.78, 5) is 10.6. The van der Waals surface area contributed by atoms with Gasteiger partial charge < -0.3 is 15.4 Å². The SMILES string of the molecule is CCNC(=NCc1ccccc1OC1CCCC1)NCc1nc(C)c(C)s1. The van der Waals surface area contributed by atoms with Crippen molar-refractivity contribution >= 4 is 17.3 Å². The van der Waals surface area contributed by atoms with E-state index in [2.05, 4.69) is 48.5 Å². The summed E-state index contributed by atoms with van der Waals surface area (Å²) >= 11 is 1.73. The van der Waals surface area contributed by atoms with Gasteiger partial charge in [0.25, 0.3) is 0 Å². The maximum Gasteiger partial charge on any atom is 0.191 e. The molecule has 146 valence electrons. The number of aliphatic imine (C=N–C) groups is 1. The number of aromatic nitrogens is 1. The molecule has 0 atom stereocenters. The lowest BCUT2D eigenvalue weighted by atomic mass is 10.2. The molecule has 5 nitrogen and oxygen atoms in total. The van der Waals surface area contributed by atoms with Crippen LogP contribution in [0.15, 0.2) is 29.3 Å². The van der Waals surface area contributed by atoms with Crippen molar-refractivity contribution in [1.29, 1.82) is 0 Å². The van der Waals surface area contributed by atoms with Crippen molar-refractivity contribution in [3.8, 4) is 5.75 Å². The molecule has 1 aliphatic carbocycles. The molecule has 1 heterocycles. The summed E-state index contributed by atoms with van der Waals surface area (Å²) in [5.74, 6) is 1.77. The topological polar surface area (TPSA) is 58.5 Å². The second-order valence-electron chi connectivity index (χ2n) is 6.93. The fraction of sp³-hybridized carbons (Fsp3) is 0.524. The van der Waals surface area contributed by atoms with Crippen LogP contribution in [0.3, 0.4) is 0 Å². The molecule has 0 unspecified atom stereocenters. The fourth-order valence-corrected chi connectivity index (χ4v) is 4.09. The Labute approximate surface area is 166 Å². The molecule has 0 saturated heterocycles. The number of aryl methyl sites for hydroxylation is 2. The monoisotopic (exact) mass is 386 g/mol. The van der Waals surface area contributed by atoms with Gasteiger partial charge in [-0.25, -0.2) is 9.98 Å². The minimum atomic E-state index is 0.359. The van der Waals surface area contributed by atoms with Gasteiger partial charge in [0.2, 0.25) is 0 Å². The molecule has 3 rings (SSSR count). The van der Waals surface area contributed by atoms with Crippen molar-refractivity contribution in [2.75, 3.05) is 6.54 Å². The van der Waals surface area contributed by atoms with E-state index in [0.29, 0.717) is 19.2 Å². The lowest BCUT2D eigenvalue weighted by Gasteiger charge is -2.16. The zero-order valence-electron chi connectivity index (χ0n) is 16.5. The van der Waals surface area contributed by atoms with Crippen molar-refractivity contribution in [3.05, 3.63) is 45.4 Å². The Kier molecular flexibility index (Phi) is 7.10. The first-order chi connectivity index (χ1) is 13.2. The van der Waals surface area contributed by atoms with Gasteiger partial charge in [0.15, 0.2) is 5.96 Å². The largest absolute Gasteiger partial charge is 0.490 e. The highest BCUT2D eigenvalue weighted by atomic mass is 32.1. The molecule has 1 aromatic carbocycles. The van der Waals surface area contributed by atoms with E-state index in [-0.39, 0.29) is 0 Å². The number of thiazole rings is 1. The molecule has 2 N–H and O–H groups in total. The third-order valence-corrected chi connectivity index (χ3v) is 5.87. The first kappa shape index (κ1) is 19.7. The first-order valence-electron chi connectivity index (χ1n) is 9.85. The number of benzene rings is 1. The van der Waals surface area contributed by atoms with Gasteiger partial charge in [-0.1, -0.05) is 18.2 Å². The number of para-hydroxylation sites is 1. The number of ether oxygens (including phenoxy) is 1. The van der Waals surface area contributed by atoms with E-state index in [9.17, 15) is 0 Å². The van der Waals surface area contributed by atoms with Gasteiger partial charge in [0.05, 0.1) is 24.9 Å². The van der Waals surface area contributed by atoms with Crippen molar-refractivity contribution < 1.29 is 4.74 Å². The number of nitrogens with one attached hydrogen (secondary N) is 2. The van der Waals surface area contributed by atoms with Crippen molar-refractivity contribution in [2.24, 2.45) is 4.99 Å².